The minimum Gasteiger partial charge on any atom is -0.463 e. The Morgan fingerprint density at radius 2 is 2.00 bits per heavy atom. The fraction of sp³-hybridized carbons (Fsp3) is 0.609. The standard InChI is InChI=1S/C23H32F2N2O3/c1-18-26(2)14-15-27(18)13-6-7-16-30-21(28)23(29,19-9-4-3-5-10-19)20-11-8-12-22(24,25)17-20/h3-5,9-10,14-15,18,20,29H,6-8,11-13,16-17H2,1-2H3/t18?,20-,23+/m1/s1. The van der Waals surface area contributed by atoms with Gasteiger partial charge < -0.3 is 19.6 Å². The average Bonchev–Trinajstić information content (AvgIpc) is 3.04. The molecule has 3 atom stereocenters. The largest absolute Gasteiger partial charge is 0.463 e. The van der Waals surface area contributed by atoms with Crippen molar-refractivity contribution in [2.75, 3.05) is 20.2 Å². The third kappa shape index (κ3) is 4.94. The first-order valence-corrected chi connectivity index (χ1v) is 10.7. The Morgan fingerprint density at radius 3 is 2.63 bits per heavy atom. The second-order valence-electron chi connectivity index (χ2n) is 8.46. The molecule has 5 nitrogen and oxygen atoms in total. The summed E-state index contributed by atoms with van der Waals surface area (Å²) in [5.74, 6) is -4.58. The maximum absolute atomic E-state index is 14.0. The number of aliphatic hydroxyl groups is 1. The van der Waals surface area contributed by atoms with Gasteiger partial charge in [-0.2, -0.15) is 0 Å². The lowest BCUT2D eigenvalue weighted by molar-refractivity contribution is -0.182. The van der Waals surface area contributed by atoms with Crippen molar-refractivity contribution in [1.29, 1.82) is 0 Å². The summed E-state index contributed by atoms with van der Waals surface area (Å²) in [5, 5.41) is 11.4. The summed E-state index contributed by atoms with van der Waals surface area (Å²) < 4.78 is 33.5. The number of unbranched alkanes of at least 4 members (excludes halogenated alkanes) is 1. The molecule has 1 unspecified atom stereocenters. The van der Waals surface area contributed by atoms with Crippen LogP contribution in [0.1, 0.15) is 51.0 Å². The van der Waals surface area contributed by atoms with Gasteiger partial charge in [0.15, 0.2) is 5.60 Å². The lowest BCUT2D eigenvalue weighted by atomic mass is 9.72. The Morgan fingerprint density at radius 1 is 1.27 bits per heavy atom. The Hall–Kier alpha value is -2.15. The van der Waals surface area contributed by atoms with Crippen molar-refractivity contribution in [3.63, 3.8) is 0 Å². The highest BCUT2D eigenvalue weighted by Crippen LogP contribution is 2.45. The first kappa shape index (κ1) is 22.5. The van der Waals surface area contributed by atoms with E-state index in [9.17, 15) is 18.7 Å². The van der Waals surface area contributed by atoms with Gasteiger partial charge in [-0.1, -0.05) is 30.3 Å². The zero-order valence-corrected chi connectivity index (χ0v) is 17.8. The molecule has 0 radical (unpaired) electrons. The Balaban J connectivity index is 1.60. The molecule has 1 aliphatic heterocycles. The van der Waals surface area contributed by atoms with Gasteiger partial charge in [-0.05, 0) is 38.2 Å². The zero-order valence-electron chi connectivity index (χ0n) is 17.8. The summed E-state index contributed by atoms with van der Waals surface area (Å²) in [5.41, 5.74) is -1.74. The van der Waals surface area contributed by atoms with Crippen molar-refractivity contribution in [3.8, 4) is 0 Å². The van der Waals surface area contributed by atoms with E-state index in [1.807, 2.05) is 19.4 Å². The van der Waals surface area contributed by atoms with E-state index in [1.54, 1.807) is 30.3 Å². The van der Waals surface area contributed by atoms with Gasteiger partial charge >= 0.3 is 5.97 Å². The fourth-order valence-corrected chi connectivity index (χ4v) is 4.35. The van der Waals surface area contributed by atoms with E-state index in [2.05, 4.69) is 16.7 Å². The van der Waals surface area contributed by atoms with Crippen LogP contribution in [0.4, 0.5) is 8.78 Å². The summed E-state index contributed by atoms with van der Waals surface area (Å²) >= 11 is 0. The Kier molecular flexibility index (Phi) is 7.01. The average molecular weight is 423 g/mol. The second-order valence-corrected chi connectivity index (χ2v) is 8.46. The number of halogens is 2. The lowest BCUT2D eigenvalue weighted by Gasteiger charge is -2.39. The van der Waals surface area contributed by atoms with E-state index in [0.29, 0.717) is 24.6 Å². The van der Waals surface area contributed by atoms with Crippen LogP contribution in [0.15, 0.2) is 42.7 Å². The number of nitrogens with zero attached hydrogens (tertiary/aromatic N) is 2. The van der Waals surface area contributed by atoms with Crippen molar-refractivity contribution < 1.29 is 23.4 Å². The molecule has 1 aliphatic carbocycles. The van der Waals surface area contributed by atoms with Crippen LogP contribution in [0.3, 0.4) is 0 Å². The molecular weight excluding hydrogens is 390 g/mol. The van der Waals surface area contributed by atoms with Crippen LogP contribution < -0.4 is 0 Å². The molecule has 1 aromatic carbocycles. The van der Waals surface area contributed by atoms with E-state index in [-0.39, 0.29) is 19.4 Å². The highest BCUT2D eigenvalue weighted by Gasteiger charge is 2.52. The second kappa shape index (κ2) is 9.33. The van der Waals surface area contributed by atoms with Gasteiger partial charge in [-0.25, -0.2) is 13.6 Å². The van der Waals surface area contributed by atoms with E-state index < -0.39 is 29.8 Å². The molecule has 1 N–H and O–H groups in total. The third-order valence-corrected chi connectivity index (χ3v) is 6.36. The summed E-state index contributed by atoms with van der Waals surface area (Å²) in [6, 6.07) is 8.35. The molecule has 0 saturated heterocycles. The summed E-state index contributed by atoms with van der Waals surface area (Å²) in [7, 11) is 2.02. The monoisotopic (exact) mass is 422 g/mol. The number of esters is 1. The zero-order chi connectivity index (χ0) is 21.8. The van der Waals surface area contributed by atoms with Gasteiger partial charge in [-0.15, -0.1) is 0 Å². The summed E-state index contributed by atoms with van der Waals surface area (Å²) in [4.78, 5) is 17.3. The number of hydrogen-bond donors (Lipinski definition) is 1. The molecule has 1 heterocycles. The molecule has 0 aromatic heterocycles. The van der Waals surface area contributed by atoms with Gasteiger partial charge in [-0.3, -0.25) is 0 Å². The van der Waals surface area contributed by atoms with Gasteiger partial charge in [0.05, 0.1) is 12.8 Å². The minimum atomic E-state index is -2.88. The number of carbonyl (C=O) groups excluding carboxylic acids is 1. The van der Waals surface area contributed by atoms with Crippen LogP contribution in [0.5, 0.6) is 0 Å². The topological polar surface area (TPSA) is 53.0 Å². The van der Waals surface area contributed by atoms with Crippen LogP contribution in [0, 0.1) is 5.92 Å². The maximum Gasteiger partial charge on any atom is 0.343 e. The van der Waals surface area contributed by atoms with Gasteiger partial charge in [0.1, 0.15) is 0 Å². The van der Waals surface area contributed by atoms with E-state index in [0.717, 1.165) is 13.0 Å². The summed E-state index contributed by atoms with van der Waals surface area (Å²) in [6.07, 6.45) is 5.72. The molecule has 0 spiro atoms. The van der Waals surface area contributed by atoms with Crippen molar-refractivity contribution in [2.24, 2.45) is 5.92 Å². The number of hydrogen-bond acceptors (Lipinski definition) is 5. The molecule has 7 heteroatoms. The molecule has 1 saturated carbocycles. The van der Waals surface area contributed by atoms with Gasteiger partial charge in [0.2, 0.25) is 5.92 Å². The first-order valence-electron chi connectivity index (χ1n) is 10.7. The molecule has 2 aliphatic rings. The Labute approximate surface area is 177 Å². The van der Waals surface area contributed by atoms with Crippen LogP contribution in [0.25, 0.3) is 0 Å². The number of ether oxygens (including phenoxy) is 1. The molecule has 0 bridgehead atoms. The molecule has 1 fully saturated rings. The number of rotatable bonds is 8. The predicted molar refractivity (Wildman–Crippen MR) is 111 cm³/mol. The quantitative estimate of drug-likeness (QED) is 0.505. The van der Waals surface area contributed by atoms with Gasteiger partial charge in [0.25, 0.3) is 0 Å². The summed E-state index contributed by atoms with van der Waals surface area (Å²) in [6.45, 7) is 3.09. The molecule has 0 amide bonds. The lowest BCUT2D eigenvalue weighted by Crippen LogP contribution is -2.48. The number of benzene rings is 1. The van der Waals surface area contributed by atoms with Crippen molar-refractivity contribution in [1.82, 2.24) is 9.80 Å². The number of alkyl halides is 2. The molecular formula is C23H32F2N2O3. The predicted octanol–water partition coefficient (Wildman–Crippen LogP) is 4.09. The molecule has 3 rings (SSSR count). The van der Waals surface area contributed by atoms with Gasteiger partial charge in [0, 0.05) is 44.8 Å². The normalized spacial score (nSPS) is 25.2. The molecule has 30 heavy (non-hydrogen) atoms. The van der Waals surface area contributed by atoms with Crippen molar-refractivity contribution in [2.45, 2.75) is 63.1 Å². The minimum absolute atomic E-state index is 0.152. The highest BCUT2D eigenvalue weighted by molar-refractivity contribution is 5.81. The van der Waals surface area contributed by atoms with E-state index in [1.165, 1.54) is 0 Å². The van der Waals surface area contributed by atoms with Crippen molar-refractivity contribution >= 4 is 5.97 Å². The first-order chi connectivity index (χ1) is 14.2. The smallest absolute Gasteiger partial charge is 0.343 e. The van der Waals surface area contributed by atoms with Crippen LogP contribution in [-0.4, -0.2) is 53.2 Å². The van der Waals surface area contributed by atoms with Crippen LogP contribution in [0.2, 0.25) is 0 Å². The molecule has 166 valence electrons. The Bertz CT molecular complexity index is 743. The highest BCUT2D eigenvalue weighted by atomic mass is 19.3. The van der Waals surface area contributed by atoms with Crippen LogP contribution >= 0.6 is 0 Å². The maximum atomic E-state index is 14.0. The van der Waals surface area contributed by atoms with E-state index >= 15 is 0 Å². The molecule has 1 aromatic rings. The van der Waals surface area contributed by atoms with Crippen LogP contribution in [-0.2, 0) is 15.1 Å². The number of carbonyl (C=O) groups is 1. The SMILES string of the molecule is CC1N(C)C=CN1CCCCOC(=O)[C@](O)(c1ccccc1)[C@@H]1CCCC(F)(F)C1. The third-order valence-electron chi connectivity index (χ3n) is 6.36. The van der Waals surface area contributed by atoms with E-state index in [4.69, 9.17) is 4.74 Å². The fourth-order valence-electron chi connectivity index (χ4n) is 4.35. The van der Waals surface area contributed by atoms with Crippen molar-refractivity contribution in [3.05, 3.63) is 48.3 Å².